The second kappa shape index (κ2) is 12.1. The number of anilines is 1. The molecule has 8 nitrogen and oxygen atoms in total. The summed E-state index contributed by atoms with van der Waals surface area (Å²) in [5.74, 6) is 0.0967. The first-order valence-electron chi connectivity index (χ1n) is 11.8. The maximum atomic E-state index is 13.4. The van der Waals surface area contributed by atoms with E-state index in [1.54, 1.807) is 21.9 Å². The number of para-hydroxylation sites is 2. The van der Waals surface area contributed by atoms with Crippen LogP contribution in [0.15, 0.2) is 60.7 Å². The van der Waals surface area contributed by atoms with Crippen molar-refractivity contribution in [3.8, 4) is 5.75 Å². The van der Waals surface area contributed by atoms with Crippen LogP contribution in [0.25, 0.3) is 0 Å². The van der Waals surface area contributed by atoms with E-state index in [2.05, 4.69) is 10.6 Å². The van der Waals surface area contributed by atoms with Gasteiger partial charge in [0.05, 0.1) is 0 Å². The normalized spacial score (nSPS) is 17.4. The minimum atomic E-state index is -0.645. The molecule has 8 heteroatoms. The average Bonchev–Trinajstić information content (AvgIpc) is 2.86. The lowest BCUT2D eigenvalue weighted by atomic mass is 9.97. The van der Waals surface area contributed by atoms with Crippen molar-refractivity contribution in [2.75, 3.05) is 31.6 Å². The lowest BCUT2D eigenvalue weighted by Gasteiger charge is -2.41. The third kappa shape index (κ3) is 6.73. The highest BCUT2D eigenvalue weighted by molar-refractivity contribution is 5.91. The fourth-order valence-electron chi connectivity index (χ4n) is 3.94. The predicted molar refractivity (Wildman–Crippen MR) is 132 cm³/mol. The van der Waals surface area contributed by atoms with Gasteiger partial charge in [-0.1, -0.05) is 56.7 Å². The summed E-state index contributed by atoms with van der Waals surface area (Å²) in [6.07, 6.45) is 0.741. The number of carbonyl (C=O) groups is 3. The van der Waals surface area contributed by atoms with E-state index in [9.17, 15) is 14.4 Å². The number of benzene rings is 2. The fourth-order valence-corrected chi connectivity index (χ4v) is 3.94. The Kier molecular flexibility index (Phi) is 8.90. The number of ether oxygens (including phenoxy) is 1. The molecule has 0 aromatic heterocycles. The number of piperazine rings is 1. The molecule has 0 aliphatic carbocycles. The Morgan fingerprint density at radius 3 is 2.29 bits per heavy atom. The Labute approximate surface area is 201 Å². The van der Waals surface area contributed by atoms with Crippen molar-refractivity contribution in [1.82, 2.24) is 15.1 Å². The number of urea groups is 1. The van der Waals surface area contributed by atoms with Gasteiger partial charge in [0.15, 0.2) is 6.61 Å². The van der Waals surface area contributed by atoms with E-state index >= 15 is 0 Å². The molecule has 2 aromatic carbocycles. The molecule has 0 saturated carbocycles. The highest BCUT2D eigenvalue weighted by atomic mass is 16.5. The number of carbonyl (C=O) groups excluding carboxylic acids is 3. The highest BCUT2D eigenvalue weighted by Crippen LogP contribution is 2.17. The molecular weight excluding hydrogens is 432 g/mol. The van der Waals surface area contributed by atoms with Gasteiger partial charge in [-0.25, -0.2) is 4.79 Å². The van der Waals surface area contributed by atoms with Crippen LogP contribution in [0, 0.1) is 5.92 Å². The summed E-state index contributed by atoms with van der Waals surface area (Å²) < 4.78 is 5.53. The number of amides is 4. The van der Waals surface area contributed by atoms with Crippen molar-refractivity contribution < 1.29 is 19.1 Å². The largest absolute Gasteiger partial charge is 0.484 e. The first-order chi connectivity index (χ1) is 16.4. The first kappa shape index (κ1) is 25.1. The van der Waals surface area contributed by atoms with E-state index in [0.717, 1.165) is 12.1 Å². The lowest BCUT2D eigenvalue weighted by molar-refractivity contribution is -0.140. The van der Waals surface area contributed by atoms with Crippen LogP contribution >= 0.6 is 0 Å². The third-order valence-electron chi connectivity index (χ3n) is 6.13. The number of rotatable bonds is 8. The molecule has 1 fully saturated rings. The summed E-state index contributed by atoms with van der Waals surface area (Å²) in [6.45, 7) is 6.95. The van der Waals surface area contributed by atoms with Crippen molar-refractivity contribution in [3.63, 3.8) is 0 Å². The summed E-state index contributed by atoms with van der Waals surface area (Å²) >= 11 is 0. The van der Waals surface area contributed by atoms with E-state index in [1.165, 1.54) is 0 Å². The van der Waals surface area contributed by atoms with Crippen LogP contribution in [-0.4, -0.2) is 66.0 Å². The molecule has 182 valence electrons. The Hall–Kier alpha value is -3.55. The molecular formula is C26H34N4O4. The number of hydrogen-bond acceptors (Lipinski definition) is 4. The summed E-state index contributed by atoms with van der Waals surface area (Å²) in [6, 6.07) is 17.4. The van der Waals surface area contributed by atoms with Gasteiger partial charge < -0.3 is 25.2 Å². The van der Waals surface area contributed by atoms with Gasteiger partial charge in [0, 0.05) is 31.4 Å². The summed E-state index contributed by atoms with van der Waals surface area (Å²) in [4.78, 5) is 42.1. The molecule has 1 heterocycles. The van der Waals surface area contributed by atoms with E-state index in [4.69, 9.17) is 4.74 Å². The molecule has 1 saturated heterocycles. The Morgan fingerprint density at radius 1 is 1.03 bits per heavy atom. The van der Waals surface area contributed by atoms with Gasteiger partial charge in [-0.15, -0.1) is 0 Å². The number of hydrogen-bond donors (Lipinski definition) is 2. The van der Waals surface area contributed by atoms with Gasteiger partial charge in [0.1, 0.15) is 11.8 Å². The van der Waals surface area contributed by atoms with Gasteiger partial charge >= 0.3 is 6.03 Å². The molecule has 4 amide bonds. The van der Waals surface area contributed by atoms with Crippen LogP contribution in [0.2, 0.25) is 0 Å². The van der Waals surface area contributed by atoms with Crippen molar-refractivity contribution in [2.45, 2.75) is 39.3 Å². The van der Waals surface area contributed by atoms with Gasteiger partial charge in [0.2, 0.25) is 5.91 Å². The molecule has 3 atom stereocenters. The third-order valence-corrected chi connectivity index (χ3v) is 6.13. The first-order valence-corrected chi connectivity index (χ1v) is 11.8. The van der Waals surface area contributed by atoms with Gasteiger partial charge in [-0.3, -0.25) is 9.59 Å². The average molecular weight is 467 g/mol. The molecule has 2 N–H and O–H groups in total. The van der Waals surface area contributed by atoms with E-state index in [-0.39, 0.29) is 36.4 Å². The maximum absolute atomic E-state index is 13.4. The zero-order valence-corrected chi connectivity index (χ0v) is 20.1. The van der Waals surface area contributed by atoms with E-state index in [0.29, 0.717) is 25.4 Å². The van der Waals surface area contributed by atoms with Crippen LogP contribution < -0.4 is 15.4 Å². The van der Waals surface area contributed by atoms with Gasteiger partial charge in [-0.05, 0) is 37.1 Å². The lowest BCUT2D eigenvalue weighted by Crippen LogP contribution is -2.60. The monoisotopic (exact) mass is 466 g/mol. The summed E-state index contributed by atoms with van der Waals surface area (Å²) in [5, 5.41) is 5.77. The van der Waals surface area contributed by atoms with Crippen LogP contribution in [-0.2, 0) is 9.59 Å². The van der Waals surface area contributed by atoms with Gasteiger partial charge in [0.25, 0.3) is 5.91 Å². The van der Waals surface area contributed by atoms with Crippen LogP contribution in [0.4, 0.5) is 10.5 Å². The smallest absolute Gasteiger partial charge is 0.322 e. The minimum Gasteiger partial charge on any atom is -0.484 e. The second-order valence-corrected chi connectivity index (χ2v) is 8.66. The quantitative estimate of drug-likeness (QED) is 0.624. The number of nitrogens with one attached hydrogen (secondary N) is 2. The van der Waals surface area contributed by atoms with Crippen molar-refractivity contribution in [2.24, 2.45) is 5.92 Å². The molecule has 1 aliphatic heterocycles. The minimum absolute atomic E-state index is 0.0390. The molecule has 0 spiro atoms. The topological polar surface area (TPSA) is 91.0 Å². The second-order valence-electron chi connectivity index (χ2n) is 8.66. The van der Waals surface area contributed by atoms with Crippen molar-refractivity contribution in [3.05, 3.63) is 60.7 Å². The van der Waals surface area contributed by atoms with E-state index in [1.807, 2.05) is 69.3 Å². The Bertz CT molecular complexity index is 954. The van der Waals surface area contributed by atoms with E-state index < -0.39 is 6.04 Å². The molecule has 3 unspecified atom stereocenters. The van der Waals surface area contributed by atoms with Crippen molar-refractivity contribution >= 4 is 23.5 Å². The maximum Gasteiger partial charge on any atom is 0.322 e. The molecule has 34 heavy (non-hydrogen) atoms. The Balaban J connectivity index is 1.56. The standard InChI is InChI=1S/C26H34N4O4/c1-4-19(2)24(28-23(31)18-34-22-13-9-6-10-14-22)25(32)29-15-16-30(20(3)17-29)26(33)27-21-11-7-5-8-12-21/h5-14,19-20,24H,4,15-18H2,1-3H3,(H,27,33)(H,28,31). The van der Waals surface area contributed by atoms with Crippen LogP contribution in [0.3, 0.4) is 0 Å². The molecule has 1 aliphatic rings. The fraction of sp³-hybridized carbons (Fsp3) is 0.423. The Morgan fingerprint density at radius 2 is 1.68 bits per heavy atom. The highest BCUT2D eigenvalue weighted by Gasteiger charge is 2.35. The summed E-state index contributed by atoms with van der Waals surface area (Å²) in [7, 11) is 0. The number of nitrogens with zero attached hydrogens (tertiary/aromatic N) is 2. The zero-order chi connectivity index (χ0) is 24.5. The van der Waals surface area contributed by atoms with Gasteiger partial charge in [-0.2, -0.15) is 0 Å². The molecule has 2 aromatic rings. The SMILES string of the molecule is CCC(C)C(NC(=O)COc1ccccc1)C(=O)N1CCN(C(=O)Nc2ccccc2)C(C)C1. The zero-order valence-electron chi connectivity index (χ0n) is 20.1. The van der Waals surface area contributed by atoms with Crippen LogP contribution in [0.5, 0.6) is 5.75 Å². The summed E-state index contributed by atoms with van der Waals surface area (Å²) in [5.41, 5.74) is 0.732. The molecule has 0 bridgehead atoms. The molecule has 0 radical (unpaired) electrons. The van der Waals surface area contributed by atoms with Crippen LogP contribution in [0.1, 0.15) is 27.2 Å². The van der Waals surface area contributed by atoms with Crippen molar-refractivity contribution in [1.29, 1.82) is 0 Å². The predicted octanol–water partition coefficient (Wildman–Crippen LogP) is 3.36. The molecule has 3 rings (SSSR count).